The summed E-state index contributed by atoms with van der Waals surface area (Å²) in [6.45, 7) is 3.41. The molecule has 3 aromatic rings. The number of rotatable bonds is 7. The normalized spacial score (nSPS) is 12.7. The van der Waals surface area contributed by atoms with Crippen LogP contribution in [0.4, 0.5) is 8.78 Å². The third kappa shape index (κ3) is 5.29. The Morgan fingerprint density at radius 2 is 1.23 bits per heavy atom. The van der Waals surface area contributed by atoms with Crippen LogP contribution < -0.4 is 10.1 Å². The molecule has 0 aliphatic carbocycles. The summed E-state index contributed by atoms with van der Waals surface area (Å²) >= 11 is 0. The standard InChI is InChI=1S/C24H21F2NO3/c1-15(17-3-9-20(25)10-4-17)27-24(29)16(2)30-22-13-7-19(8-14-22)23(28)18-5-11-21(26)12-6-18/h3-16H,1-2H3,(H,27,29)/t15-,16-/m1/s1. The van der Waals surface area contributed by atoms with Gasteiger partial charge in [-0.3, -0.25) is 9.59 Å². The van der Waals surface area contributed by atoms with E-state index in [-0.39, 0.29) is 23.5 Å². The van der Waals surface area contributed by atoms with Crippen LogP contribution in [0, 0.1) is 11.6 Å². The minimum atomic E-state index is -0.772. The summed E-state index contributed by atoms with van der Waals surface area (Å²) in [6, 6.07) is 17.3. The lowest BCUT2D eigenvalue weighted by molar-refractivity contribution is -0.127. The molecule has 2 atom stereocenters. The van der Waals surface area contributed by atoms with Crippen molar-refractivity contribution < 1.29 is 23.1 Å². The van der Waals surface area contributed by atoms with Crippen LogP contribution in [0.5, 0.6) is 5.75 Å². The van der Waals surface area contributed by atoms with Gasteiger partial charge < -0.3 is 10.1 Å². The Bertz CT molecular complexity index is 1020. The maximum Gasteiger partial charge on any atom is 0.261 e. The van der Waals surface area contributed by atoms with E-state index in [2.05, 4.69) is 5.32 Å². The predicted octanol–water partition coefficient (Wildman–Crippen LogP) is 4.84. The summed E-state index contributed by atoms with van der Waals surface area (Å²) < 4.78 is 31.7. The third-order valence-corrected chi connectivity index (χ3v) is 4.63. The molecule has 3 aromatic carbocycles. The molecule has 0 radical (unpaired) electrons. The molecule has 30 heavy (non-hydrogen) atoms. The molecule has 0 aliphatic heterocycles. The molecule has 1 N–H and O–H groups in total. The Morgan fingerprint density at radius 1 is 0.767 bits per heavy atom. The summed E-state index contributed by atoms with van der Waals surface area (Å²) in [4.78, 5) is 24.8. The number of carbonyl (C=O) groups excluding carboxylic acids is 2. The molecule has 4 nitrogen and oxygen atoms in total. The first-order valence-corrected chi connectivity index (χ1v) is 9.46. The van der Waals surface area contributed by atoms with Gasteiger partial charge in [0.15, 0.2) is 11.9 Å². The number of hydrogen-bond acceptors (Lipinski definition) is 3. The van der Waals surface area contributed by atoms with E-state index < -0.39 is 11.9 Å². The van der Waals surface area contributed by atoms with Crippen molar-refractivity contribution in [1.82, 2.24) is 5.32 Å². The molecule has 0 fully saturated rings. The monoisotopic (exact) mass is 409 g/mol. The first-order chi connectivity index (χ1) is 14.3. The van der Waals surface area contributed by atoms with Gasteiger partial charge in [-0.1, -0.05) is 12.1 Å². The number of halogens is 2. The number of ether oxygens (including phenoxy) is 1. The minimum Gasteiger partial charge on any atom is -0.481 e. The van der Waals surface area contributed by atoms with Crippen LogP contribution in [-0.2, 0) is 4.79 Å². The van der Waals surface area contributed by atoms with Crippen LogP contribution >= 0.6 is 0 Å². The number of hydrogen-bond donors (Lipinski definition) is 1. The molecule has 1 amide bonds. The number of amides is 1. The Hall–Kier alpha value is -3.54. The molecular weight excluding hydrogens is 388 g/mol. The molecule has 3 rings (SSSR count). The lowest BCUT2D eigenvalue weighted by atomic mass is 10.0. The second-order valence-electron chi connectivity index (χ2n) is 6.90. The summed E-state index contributed by atoms with van der Waals surface area (Å²) in [5.74, 6) is -0.867. The van der Waals surface area contributed by atoms with Crippen LogP contribution in [0.25, 0.3) is 0 Å². The Balaban J connectivity index is 1.58. The minimum absolute atomic E-state index is 0.236. The maximum atomic E-state index is 13.0. The summed E-state index contributed by atoms with van der Waals surface area (Å²) in [7, 11) is 0. The van der Waals surface area contributed by atoms with Gasteiger partial charge in [0, 0.05) is 11.1 Å². The Kier molecular flexibility index (Phi) is 6.57. The van der Waals surface area contributed by atoms with Crippen LogP contribution in [0.15, 0.2) is 72.8 Å². The Labute approximate surface area is 173 Å². The predicted molar refractivity (Wildman–Crippen MR) is 109 cm³/mol. The van der Waals surface area contributed by atoms with E-state index in [0.717, 1.165) is 5.56 Å². The van der Waals surface area contributed by atoms with Crippen molar-refractivity contribution in [3.05, 3.63) is 101 Å². The van der Waals surface area contributed by atoms with Gasteiger partial charge in [-0.15, -0.1) is 0 Å². The van der Waals surface area contributed by atoms with Gasteiger partial charge in [-0.05, 0) is 80.1 Å². The van der Waals surface area contributed by atoms with E-state index >= 15 is 0 Å². The van der Waals surface area contributed by atoms with Crippen molar-refractivity contribution in [2.24, 2.45) is 0 Å². The highest BCUT2D eigenvalue weighted by Crippen LogP contribution is 2.18. The molecule has 0 saturated carbocycles. The van der Waals surface area contributed by atoms with Crippen molar-refractivity contribution in [2.45, 2.75) is 26.0 Å². The number of ketones is 1. The van der Waals surface area contributed by atoms with Crippen LogP contribution in [0.3, 0.4) is 0 Å². The molecule has 0 unspecified atom stereocenters. The summed E-state index contributed by atoms with van der Waals surface area (Å²) in [5.41, 5.74) is 1.59. The second-order valence-corrected chi connectivity index (χ2v) is 6.90. The van der Waals surface area contributed by atoms with E-state index in [1.165, 1.54) is 36.4 Å². The van der Waals surface area contributed by atoms with Gasteiger partial charge in [0.2, 0.25) is 0 Å². The molecule has 6 heteroatoms. The highest BCUT2D eigenvalue weighted by atomic mass is 19.1. The molecule has 0 aromatic heterocycles. The van der Waals surface area contributed by atoms with Crippen molar-refractivity contribution in [3.8, 4) is 5.75 Å². The Morgan fingerprint density at radius 3 is 1.77 bits per heavy atom. The zero-order valence-electron chi connectivity index (χ0n) is 16.6. The van der Waals surface area contributed by atoms with E-state index in [0.29, 0.717) is 16.9 Å². The molecule has 0 spiro atoms. The molecule has 0 saturated heterocycles. The lowest BCUT2D eigenvalue weighted by Crippen LogP contribution is -2.37. The van der Waals surface area contributed by atoms with Gasteiger partial charge in [-0.25, -0.2) is 8.78 Å². The van der Waals surface area contributed by atoms with Gasteiger partial charge in [0.25, 0.3) is 5.91 Å². The van der Waals surface area contributed by atoms with Crippen molar-refractivity contribution in [2.75, 3.05) is 0 Å². The first-order valence-electron chi connectivity index (χ1n) is 9.46. The largest absolute Gasteiger partial charge is 0.481 e. The fraction of sp³-hybridized carbons (Fsp3) is 0.167. The van der Waals surface area contributed by atoms with Gasteiger partial charge in [0.05, 0.1) is 6.04 Å². The average molecular weight is 409 g/mol. The fourth-order valence-corrected chi connectivity index (χ4v) is 2.88. The third-order valence-electron chi connectivity index (χ3n) is 4.63. The smallest absolute Gasteiger partial charge is 0.261 e. The number of nitrogens with one attached hydrogen (secondary N) is 1. The summed E-state index contributed by atoms with van der Waals surface area (Å²) in [5, 5.41) is 2.82. The van der Waals surface area contributed by atoms with Crippen molar-refractivity contribution in [1.29, 1.82) is 0 Å². The van der Waals surface area contributed by atoms with Crippen LogP contribution in [0.2, 0.25) is 0 Å². The lowest BCUT2D eigenvalue weighted by Gasteiger charge is -2.19. The maximum absolute atomic E-state index is 13.0. The van der Waals surface area contributed by atoms with E-state index in [4.69, 9.17) is 4.74 Å². The number of benzene rings is 3. The van der Waals surface area contributed by atoms with E-state index in [1.807, 2.05) is 0 Å². The summed E-state index contributed by atoms with van der Waals surface area (Å²) in [6.07, 6.45) is -0.772. The highest BCUT2D eigenvalue weighted by Gasteiger charge is 2.18. The fourth-order valence-electron chi connectivity index (χ4n) is 2.88. The second kappa shape index (κ2) is 9.31. The van der Waals surface area contributed by atoms with E-state index in [1.54, 1.807) is 50.2 Å². The molecule has 154 valence electrons. The molecule has 0 heterocycles. The van der Waals surface area contributed by atoms with Gasteiger partial charge >= 0.3 is 0 Å². The highest BCUT2D eigenvalue weighted by molar-refractivity contribution is 6.09. The quantitative estimate of drug-likeness (QED) is 0.568. The zero-order chi connectivity index (χ0) is 21.7. The van der Waals surface area contributed by atoms with Gasteiger partial charge in [-0.2, -0.15) is 0 Å². The number of carbonyl (C=O) groups is 2. The molecule has 0 bridgehead atoms. The molecular formula is C24H21F2NO3. The zero-order valence-corrected chi connectivity index (χ0v) is 16.6. The van der Waals surface area contributed by atoms with Crippen molar-refractivity contribution in [3.63, 3.8) is 0 Å². The SMILES string of the molecule is C[C@@H](Oc1ccc(C(=O)c2ccc(F)cc2)cc1)C(=O)N[C@H](C)c1ccc(F)cc1. The van der Waals surface area contributed by atoms with Crippen LogP contribution in [0.1, 0.15) is 41.4 Å². The first kappa shape index (κ1) is 21.2. The van der Waals surface area contributed by atoms with Crippen LogP contribution in [-0.4, -0.2) is 17.8 Å². The van der Waals surface area contributed by atoms with E-state index in [9.17, 15) is 18.4 Å². The average Bonchev–Trinajstić information content (AvgIpc) is 2.74. The topological polar surface area (TPSA) is 55.4 Å². The van der Waals surface area contributed by atoms with Crippen molar-refractivity contribution >= 4 is 11.7 Å². The van der Waals surface area contributed by atoms with Gasteiger partial charge in [0.1, 0.15) is 17.4 Å². The molecule has 0 aliphatic rings.